The third kappa shape index (κ3) is 4.38. The smallest absolute Gasteiger partial charge is 0.225 e. The molecule has 0 saturated heterocycles. The van der Waals surface area contributed by atoms with E-state index in [4.69, 9.17) is 17.3 Å². The van der Waals surface area contributed by atoms with Gasteiger partial charge in [0.1, 0.15) is 5.51 Å². The van der Waals surface area contributed by atoms with Gasteiger partial charge in [0.15, 0.2) is 4.34 Å². The minimum atomic E-state index is -0.0938. The fraction of sp³-hybridized carbons (Fsp3) is 0.182. The summed E-state index contributed by atoms with van der Waals surface area (Å²) in [5.74, 6) is 0.553. The lowest BCUT2D eigenvalue weighted by Gasteiger charge is -2.07. The van der Waals surface area contributed by atoms with Crippen molar-refractivity contribution in [1.29, 1.82) is 0 Å². The van der Waals surface area contributed by atoms with Crippen LogP contribution in [0.2, 0.25) is 5.02 Å². The van der Waals surface area contributed by atoms with Crippen LogP contribution in [0.25, 0.3) is 0 Å². The Bertz CT molecular complexity index is 562. The second-order valence-electron chi connectivity index (χ2n) is 3.59. The molecule has 1 amide bonds. The number of nitrogen functional groups attached to an aromatic ring is 1. The van der Waals surface area contributed by atoms with Gasteiger partial charge in [-0.2, -0.15) is 0 Å². The molecule has 0 aliphatic carbocycles. The Morgan fingerprint density at radius 2 is 2.37 bits per heavy atom. The summed E-state index contributed by atoms with van der Waals surface area (Å²) in [6.07, 6.45) is 0.380. The largest absolute Gasteiger partial charge is 0.399 e. The van der Waals surface area contributed by atoms with Crippen LogP contribution in [0.5, 0.6) is 0 Å². The second kappa shape index (κ2) is 6.74. The van der Waals surface area contributed by atoms with E-state index in [0.29, 0.717) is 28.6 Å². The van der Waals surface area contributed by atoms with Gasteiger partial charge in [-0.1, -0.05) is 34.7 Å². The molecule has 1 aromatic heterocycles. The number of hydrogen-bond acceptors (Lipinski definition) is 6. The number of hydrogen-bond donors (Lipinski definition) is 2. The lowest BCUT2D eigenvalue weighted by Crippen LogP contribution is -2.12. The Kier molecular flexibility index (Phi) is 5.00. The number of benzene rings is 1. The molecule has 0 radical (unpaired) electrons. The third-order valence-corrected chi connectivity index (χ3v) is 4.34. The lowest BCUT2D eigenvalue weighted by molar-refractivity contribution is -0.115. The van der Waals surface area contributed by atoms with E-state index in [1.807, 2.05) is 0 Å². The first-order valence-electron chi connectivity index (χ1n) is 5.39. The average molecular weight is 315 g/mol. The van der Waals surface area contributed by atoms with Gasteiger partial charge in [0.25, 0.3) is 0 Å². The number of nitrogens with two attached hydrogens (primary N) is 1. The SMILES string of the molecule is Nc1ccc(NC(=O)CCSc2nncs2)c(Cl)c1. The summed E-state index contributed by atoms with van der Waals surface area (Å²) in [7, 11) is 0. The molecule has 8 heteroatoms. The minimum Gasteiger partial charge on any atom is -0.399 e. The van der Waals surface area contributed by atoms with Gasteiger partial charge in [-0.15, -0.1) is 10.2 Å². The molecule has 0 unspecified atom stereocenters. The molecule has 2 aromatic rings. The first-order chi connectivity index (χ1) is 9.15. The summed E-state index contributed by atoms with van der Waals surface area (Å²) in [4.78, 5) is 11.7. The zero-order valence-corrected chi connectivity index (χ0v) is 12.2. The molecule has 3 N–H and O–H groups in total. The number of carbonyl (C=O) groups is 1. The van der Waals surface area contributed by atoms with Crippen molar-refractivity contribution in [1.82, 2.24) is 10.2 Å². The molecule has 1 aromatic carbocycles. The highest BCUT2D eigenvalue weighted by atomic mass is 35.5. The molecule has 0 bridgehead atoms. The van der Waals surface area contributed by atoms with Crippen LogP contribution in [0, 0.1) is 0 Å². The van der Waals surface area contributed by atoms with Gasteiger partial charge in [0, 0.05) is 17.9 Å². The maximum absolute atomic E-state index is 11.7. The van der Waals surface area contributed by atoms with Crippen LogP contribution in [-0.2, 0) is 4.79 Å². The number of anilines is 2. The molecule has 0 aliphatic rings. The van der Waals surface area contributed by atoms with Gasteiger partial charge in [-0.3, -0.25) is 4.79 Å². The Morgan fingerprint density at radius 1 is 1.53 bits per heavy atom. The average Bonchev–Trinajstić information content (AvgIpc) is 2.86. The van der Waals surface area contributed by atoms with Crippen LogP contribution in [0.3, 0.4) is 0 Å². The molecule has 19 heavy (non-hydrogen) atoms. The normalized spacial score (nSPS) is 10.4. The maximum Gasteiger partial charge on any atom is 0.225 e. The van der Waals surface area contributed by atoms with E-state index in [9.17, 15) is 4.79 Å². The fourth-order valence-corrected chi connectivity index (χ4v) is 3.04. The van der Waals surface area contributed by atoms with Crippen LogP contribution >= 0.6 is 34.7 Å². The Morgan fingerprint density at radius 3 is 3.05 bits per heavy atom. The number of carbonyl (C=O) groups excluding carboxylic acids is 1. The second-order valence-corrected chi connectivity index (χ2v) is 6.17. The van der Waals surface area contributed by atoms with Crippen LogP contribution in [-0.4, -0.2) is 21.9 Å². The summed E-state index contributed by atoms with van der Waals surface area (Å²) in [6, 6.07) is 4.98. The molecule has 100 valence electrons. The van der Waals surface area contributed by atoms with Crippen molar-refractivity contribution in [2.24, 2.45) is 0 Å². The van der Waals surface area contributed by atoms with Crippen LogP contribution in [0.4, 0.5) is 11.4 Å². The molecule has 0 fully saturated rings. The van der Waals surface area contributed by atoms with Crippen molar-refractivity contribution in [3.63, 3.8) is 0 Å². The van der Waals surface area contributed by atoms with E-state index in [1.165, 1.54) is 23.1 Å². The van der Waals surface area contributed by atoms with E-state index < -0.39 is 0 Å². The summed E-state index contributed by atoms with van der Waals surface area (Å²) in [5, 5.41) is 10.8. The monoisotopic (exact) mass is 314 g/mol. The predicted molar refractivity (Wildman–Crippen MR) is 79.7 cm³/mol. The molecule has 0 atom stereocenters. The summed E-state index contributed by atoms with van der Waals surface area (Å²) >= 11 is 8.93. The van der Waals surface area contributed by atoms with Crippen molar-refractivity contribution in [3.8, 4) is 0 Å². The van der Waals surface area contributed by atoms with Crippen molar-refractivity contribution in [3.05, 3.63) is 28.7 Å². The highest BCUT2D eigenvalue weighted by molar-refractivity contribution is 8.01. The molecular formula is C11H11ClN4OS2. The summed E-state index contributed by atoms with van der Waals surface area (Å²) in [5.41, 5.74) is 8.38. The lowest BCUT2D eigenvalue weighted by atomic mass is 10.3. The Labute approximate surface area is 123 Å². The van der Waals surface area contributed by atoms with Gasteiger partial charge in [0.05, 0.1) is 10.7 Å². The van der Waals surface area contributed by atoms with Crippen molar-refractivity contribution in [2.45, 2.75) is 10.8 Å². The first kappa shape index (κ1) is 14.1. The van der Waals surface area contributed by atoms with Crippen LogP contribution in [0.1, 0.15) is 6.42 Å². The highest BCUT2D eigenvalue weighted by Gasteiger charge is 2.07. The molecular weight excluding hydrogens is 304 g/mol. The number of nitrogens with zero attached hydrogens (tertiary/aromatic N) is 2. The first-order valence-corrected chi connectivity index (χ1v) is 7.63. The van der Waals surface area contributed by atoms with Gasteiger partial charge < -0.3 is 11.1 Å². The quantitative estimate of drug-likeness (QED) is 0.655. The third-order valence-electron chi connectivity index (χ3n) is 2.16. The molecule has 0 saturated carbocycles. The van der Waals surface area contributed by atoms with E-state index in [0.717, 1.165) is 4.34 Å². The number of aromatic nitrogens is 2. The standard InChI is InChI=1S/C11H11ClN4OS2/c12-8-5-7(13)1-2-9(8)15-10(17)3-4-18-11-16-14-6-19-11/h1-2,5-6H,3-4,13H2,(H,15,17). The zero-order chi connectivity index (χ0) is 13.7. The molecule has 1 heterocycles. The summed E-state index contributed by atoms with van der Waals surface area (Å²) < 4.78 is 0.860. The minimum absolute atomic E-state index is 0.0938. The van der Waals surface area contributed by atoms with Crippen LogP contribution < -0.4 is 11.1 Å². The van der Waals surface area contributed by atoms with E-state index in [-0.39, 0.29) is 5.91 Å². The van der Waals surface area contributed by atoms with Crippen molar-refractivity contribution in [2.75, 3.05) is 16.8 Å². The van der Waals surface area contributed by atoms with Crippen molar-refractivity contribution < 1.29 is 4.79 Å². The summed E-state index contributed by atoms with van der Waals surface area (Å²) in [6.45, 7) is 0. The van der Waals surface area contributed by atoms with E-state index in [2.05, 4.69) is 15.5 Å². The van der Waals surface area contributed by atoms with E-state index in [1.54, 1.807) is 23.7 Å². The van der Waals surface area contributed by atoms with Gasteiger partial charge in [-0.25, -0.2) is 0 Å². The maximum atomic E-state index is 11.7. The fourth-order valence-electron chi connectivity index (χ4n) is 1.30. The molecule has 2 rings (SSSR count). The Balaban J connectivity index is 1.80. The van der Waals surface area contributed by atoms with Gasteiger partial charge in [-0.05, 0) is 18.2 Å². The number of amides is 1. The number of nitrogens with one attached hydrogen (secondary N) is 1. The van der Waals surface area contributed by atoms with Crippen molar-refractivity contribution >= 4 is 52.0 Å². The topological polar surface area (TPSA) is 80.9 Å². The van der Waals surface area contributed by atoms with E-state index >= 15 is 0 Å². The van der Waals surface area contributed by atoms with Crippen LogP contribution in [0.15, 0.2) is 28.0 Å². The number of thioether (sulfide) groups is 1. The highest BCUT2D eigenvalue weighted by Crippen LogP contribution is 2.24. The predicted octanol–water partition coefficient (Wildman–Crippen LogP) is 2.89. The molecule has 0 aliphatic heterocycles. The van der Waals surface area contributed by atoms with Gasteiger partial charge in [0.2, 0.25) is 5.91 Å². The number of halogens is 1. The zero-order valence-electron chi connectivity index (χ0n) is 9.80. The molecule has 0 spiro atoms. The Hall–Kier alpha value is -1.31. The number of rotatable bonds is 5. The van der Waals surface area contributed by atoms with Gasteiger partial charge >= 0.3 is 0 Å². The molecule has 5 nitrogen and oxygen atoms in total.